The van der Waals surface area contributed by atoms with Crippen LogP contribution in [0.4, 0.5) is 13.2 Å². The van der Waals surface area contributed by atoms with E-state index in [4.69, 9.17) is 0 Å². The van der Waals surface area contributed by atoms with E-state index in [1.54, 1.807) is 0 Å². The number of H-pyrrole nitrogens is 1. The number of nitrogens with one attached hydrogen (secondary N) is 1. The molecule has 0 aliphatic carbocycles. The highest BCUT2D eigenvalue weighted by molar-refractivity contribution is 5.79. The van der Waals surface area contributed by atoms with Gasteiger partial charge >= 0.3 is 12.1 Å². The third-order valence-electron chi connectivity index (χ3n) is 4.14. The van der Waals surface area contributed by atoms with Gasteiger partial charge < -0.3 is 9.64 Å². The summed E-state index contributed by atoms with van der Waals surface area (Å²) in [6.45, 7) is 3.44. The fourth-order valence-corrected chi connectivity index (χ4v) is 2.80. The Morgan fingerprint density at radius 1 is 1.16 bits per heavy atom. The molecule has 1 aromatic heterocycles. The molecule has 0 unspecified atom stereocenters. The standard InChI is InChI=1S/C15H17F3N4O3/c1-20-4-6-21(7-5-20)9-22-12-3-2-10(25-15(16,17)18)8-11(12)13(23)19-14(22)24/h2-3,8H,4-7,9H2,1H3,(H,19,23,24). The second kappa shape index (κ2) is 6.52. The van der Waals surface area contributed by atoms with Crippen LogP contribution < -0.4 is 16.0 Å². The molecule has 0 radical (unpaired) electrons. The molecule has 1 aromatic carbocycles. The predicted molar refractivity (Wildman–Crippen MR) is 84.6 cm³/mol. The average molecular weight is 358 g/mol. The zero-order valence-electron chi connectivity index (χ0n) is 13.5. The number of nitrogens with zero attached hydrogens (tertiary/aromatic N) is 3. The van der Waals surface area contributed by atoms with Gasteiger partial charge in [-0.1, -0.05) is 0 Å². The smallest absolute Gasteiger partial charge is 0.406 e. The van der Waals surface area contributed by atoms with E-state index in [0.29, 0.717) is 0 Å². The number of fused-ring (bicyclic) bond motifs is 1. The molecule has 1 saturated heterocycles. The molecule has 1 aliphatic heterocycles. The molecule has 0 amide bonds. The van der Waals surface area contributed by atoms with Gasteiger partial charge in [0.2, 0.25) is 0 Å². The zero-order valence-corrected chi connectivity index (χ0v) is 13.5. The molecule has 25 heavy (non-hydrogen) atoms. The minimum absolute atomic E-state index is 0.0320. The fraction of sp³-hybridized carbons (Fsp3) is 0.467. The number of benzene rings is 1. The second-order valence-electron chi connectivity index (χ2n) is 5.98. The van der Waals surface area contributed by atoms with Gasteiger partial charge in [0.05, 0.1) is 17.6 Å². The van der Waals surface area contributed by atoms with Crippen LogP contribution in [0.15, 0.2) is 27.8 Å². The van der Waals surface area contributed by atoms with Crippen LogP contribution >= 0.6 is 0 Å². The first-order valence-corrected chi connectivity index (χ1v) is 7.66. The monoisotopic (exact) mass is 358 g/mol. The Morgan fingerprint density at radius 2 is 1.84 bits per heavy atom. The largest absolute Gasteiger partial charge is 0.573 e. The number of ether oxygens (including phenoxy) is 1. The first-order chi connectivity index (χ1) is 11.7. The maximum absolute atomic E-state index is 12.4. The molecule has 0 atom stereocenters. The molecule has 0 saturated carbocycles. The number of piperazine rings is 1. The van der Waals surface area contributed by atoms with Crippen LogP contribution in [0.3, 0.4) is 0 Å². The highest BCUT2D eigenvalue weighted by Gasteiger charge is 2.31. The van der Waals surface area contributed by atoms with Crippen molar-refractivity contribution >= 4 is 10.9 Å². The maximum atomic E-state index is 12.4. The van der Waals surface area contributed by atoms with Crippen LogP contribution in [0, 0.1) is 0 Å². The summed E-state index contributed by atoms with van der Waals surface area (Å²) in [6.07, 6.45) is -4.85. The highest BCUT2D eigenvalue weighted by atomic mass is 19.4. The lowest BCUT2D eigenvalue weighted by Crippen LogP contribution is -2.46. The summed E-state index contributed by atoms with van der Waals surface area (Å²) in [7, 11) is 2.00. The van der Waals surface area contributed by atoms with E-state index in [1.807, 2.05) is 11.9 Å². The Kier molecular flexibility index (Phi) is 4.56. The van der Waals surface area contributed by atoms with Crippen LogP contribution in [0.1, 0.15) is 0 Å². The Bertz CT molecular complexity index is 882. The average Bonchev–Trinajstić information content (AvgIpc) is 2.52. The molecule has 2 aromatic rings. The SMILES string of the molecule is CN1CCN(Cn2c(=O)[nH]c(=O)c3cc(OC(F)(F)F)ccc32)CC1. The molecule has 7 nitrogen and oxygen atoms in total. The number of hydrogen-bond donors (Lipinski definition) is 1. The van der Waals surface area contributed by atoms with Crippen molar-refractivity contribution in [2.24, 2.45) is 0 Å². The summed E-state index contributed by atoms with van der Waals surface area (Å²) in [5.41, 5.74) is -1.08. The topological polar surface area (TPSA) is 70.6 Å². The van der Waals surface area contributed by atoms with E-state index in [-0.39, 0.29) is 17.6 Å². The van der Waals surface area contributed by atoms with Gasteiger partial charge in [-0.05, 0) is 25.2 Å². The van der Waals surface area contributed by atoms with Crippen LogP contribution in [0.25, 0.3) is 10.9 Å². The van der Waals surface area contributed by atoms with Crippen LogP contribution in [0.2, 0.25) is 0 Å². The van der Waals surface area contributed by atoms with E-state index >= 15 is 0 Å². The van der Waals surface area contributed by atoms with Gasteiger partial charge in [0, 0.05) is 26.2 Å². The van der Waals surface area contributed by atoms with E-state index in [0.717, 1.165) is 38.3 Å². The van der Waals surface area contributed by atoms with Gasteiger partial charge in [0.1, 0.15) is 5.75 Å². The van der Waals surface area contributed by atoms with Crippen molar-refractivity contribution in [3.8, 4) is 5.75 Å². The van der Waals surface area contributed by atoms with Crippen LogP contribution in [-0.2, 0) is 6.67 Å². The number of rotatable bonds is 3. The second-order valence-corrected chi connectivity index (χ2v) is 5.98. The van der Waals surface area contributed by atoms with Crippen molar-refractivity contribution in [1.29, 1.82) is 0 Å². The molecule has 1 N–H and O–H groups in total. The molecule has 0 bridgehead atoms. The van der Waals surface area contributed by atoms with Gasteiger partial charge in [0.15, 0.2) is 0 Å². The van der Waals surface area contributed by atoms with Crippen molar-refractivity contribution in [2.75, 3.05) is 33.2 Å². The quantitative estimate of drug-likeness (QED) is 0.879. The predicted octanol–water partition coefficient (Wildman–Crippen LogP) is 0.793. The lowest BCUT2D eigenvalue weighted by molar-refractivity contribution is -0.274. The Labute approximate surface area is 140 Å². The van der Waals surface area contributed by atoms with E-state index in [2.05, 4.69) is 14.6 Å². The molecule has 1 fully saturated rings. The summed E-state index contributed by atoms with van der Waals surface area (Å²) in [6, 6.07) is 3.37. The van der Waals surface area contributed by atoms with Crippen molar-refractivity contribution in [3.63, 3.8) is 0 Å². The van der Waals surface area contributed by atoms with E-state index < -0.39 is 23.4 Å². The van der Waals surface area contributed by atoms with Crippen molar-refractivity contribution < 1.29 is 17.9 Å². The first kappa shape index (κ1) is 17.5. The molecule has 10 heteroatoms. The summed E-state index contributed by atoms with van der Waals surface area (Å²) < 4.78 is 42.2. The van der Waals surface area contributed by atoms with Gasteiger partial charge in [-0.25, -0.2) is 4.79 Å². The summed E-state index contributed by atoms with van der Waals surface area (Å²) in [5.74, 6) is -0.504. The number of halogens is 3. The molecule has 2 heterocycles. The molecule has 0 spiro atoms. The first-order valence-electron chi connectivity index (χ1n) is 7.66. The van der Waals surface area contributed by atoms with Crippen molar-refractivity contribution in [3.05, 3.63) is 39.0 Å². The van der Waals surface area contributed by atoms with E-state index in [1.165, 1.54) is 10.6 Å². The van der Waals surface area contributed by atoms with Crippen LogP contribution in [-0.4, -0.2) is 58.9 Å². The maximum Gasteiger partial charge on any atom is 0.573 e. The summed E-state index contributed by atoms with van der Waals surface area (Å²) >= 11 is 0. The number of aromatic amines is 1. The normalized spacial score (nSPS) is 17.1. The fourth-order valence-electron chi connectivity index (χ4n) is 2.80. The Morgan fingerprint density at radius 3 is 2.48 bits per heavy atom. The number of hydrogen-bond acceptors (Lipinski definition) is 5. The van der Waals surface area contributed by atoms with Crippen molar-refractivity contribution in [2.45, 2.75) is 13.0 Å². The van der Waals surface area contributed by atoms with Gasteiger partial charge in [-0.3, -0.25) is 19.2 Å². The third-order valence-corrected chi connectivity index (χ3v) is 4.14. The lowest BCUT2D eigenvalue weighted by Gasteiger charge is -2.32. The van der Waals surface area contributed by atoms with E-state index in [9.17, 15) is 22.8 Å². The summed E-state index contributed by atoms with van der Waals surface area (Å²) in [4.78, 5) is 30.5. The molecular formula is C15H17F3N4O3. The van der Waals surface area contributed by atoms with Crippen molar-refractivity contribution in [1.82, 2.24) is 19.4 Å². The molecular weight excluding hydrogens is 341 g/mol. The minimum Gasteiger partial charge on any atom is -0.406 e. The summed E-state index contributed by atoms with van der Waals surface area (Å²) in [5, 5.41) is -0.0320. The lowest BCUT2D eigenvalue weighted by atomic mass is 10.2. The number of aromatic nitrogens is 2. The van der Waals surface area contributed by atoms with Crippen LogP contribution in [0.5, 0.6) is 5.75 Å². The molecule has 136 valence electrons. The molecule has 1 aliphatic rings. The van der Waals surface area contributed by atoms with Gasteiger partial charge in [-0.15, -0.1) is 13.2 Å². The third kappa shape index (κ3) is 4.02. The van der Waals surface area contributed by atoms with Gasteiger partial charge in [0.25, 0.3) is 5.56 Å². The number of likely N-dealkylation sites (N-methyl/N-ethyl adjacent to an activating group) is 1. The highest BCUT2D eigenvalue weighted by Crippen LogP contribution is 2.24. The zero-order chi connectivity index (χ0) is 18.2. The Balaban J connectivity index is 1.98. The molecule has 3 rings (SSSR count). The Hall–Kier alpha value is -2.33. The minimum atomic E-state index is -4.85. The van der Waals surface area contributed by atoms with Gasteiger partial charge in [-0.2, -0.15) is 0 Å². The number of alkyl halides is 3.